The Balaban J connectivity index is 2.96. The normalized spacial score (nSPS) is 9.94. The van der Waals surface area contributed by atoms with Crippen LogP contribution in [0.4, 0.5) is 4.39 Å². The van der Waals surface area contributed by atoms with Crippen molar-refractivity contribution in [3.8, 4) is 5.75 Å². The number of aromatic hydroxyl groups is 1. The Hall–Kier alpha value is -2.11. The van der Waals surface area contributed by atoms with Gasteiger partial charge in [0.15, 0.2) is 0 Å². The first kappa shape index (κ1) is 14.0. The fourth-order valence-corrected chi connectivity index (χ4v) is 1.43. The number of likely N-dealkylation sites (N-methyl/N-ethyl adjacent to an activating group) is 2. The van der Waals surface area contributed by atoms with Crippen molar-refractivity contribution in [2.24, 2.45) is 0 Å². The zero-order chi connectivity index (χ0) is 13.7. The van der Waals surface area contributed by atoms with Crippen LogP contribution in [0.15, 0.2) is 18.2 Å². The molecule has 0 saturated heterocycles. The van der Waals surface area contributed by atoms with E-state index in [9.17, 15) is 19.1 Å². The third kappa shape index (κ3) is 3.19. The van der Waals surface area contributed by atoms with Crippen molar-refractivity contribution >= 4 is 11.8 Å². The highest BCUT2D eigenvalue weighted by Gasteiger charge is 2.20. The van der Waals surface area contributed by atoms with E-state index < -0.39 is 11.7 Å². The van der Waals surface area contributed by atoms with Gasteiger partial charge in [0.25, 0.3) is 5.91 Å². The average molecular weight is 254 g/mol. The third-order valence-electron chi connectivity index (χ3n) is 2.47. The van der Waals surface area contributed by atoms with Crippen molar-refractivity contribution in [1.82, 2.24) is 10.2 Å². The summed E-state index contributed by atoms with van der Waals surface area (Å²) in [5.74, 6) is -1.84. The minimum atomic E-state index is -0.618. The van der Waals surface area contributed by atoms with Crippen molar-refractivity contribution in [2.45, 2.75) is 6.92 Å². The van der Waals surface area contributed by atoms with Crippen molar-refractivity contribution < 1.29 is 19.1 Å². The quantitative estimate of drug-likeness (QED) is 0.832. The molecule has 0 spiro atoms. The van der Waals surface area contributed by atoms with Gasteiger partial charge in [0, 0.05) is 13.6 Å². The van der Waals surface area contributed by atoms with E-state index >= 15 is 0 Å². The molecule has 0 aliphatic rings. The van der Waals surface area contributed by atoms with Gasteiger partial charge in [-0.2, -0.15) is 0 Å². The average Bonchev–Trinajstić information content (AvgIpc) is 2.37. The van der Waals surface area contributed by atoms with Gasteiger partial charge < -0.3 is 15.3 Å². The maximum Gasteiger partial charge on any atom is 0.258 e. The molecule has 0 radical (unpaired) electrons. The molecule has 0 aromatic heterocycles. The van der Waals surface area contributed by atoms with E-state index in [1.54, 1.807) is 6.92 Å². The van der Waals surface area contributed by atoms with Gasteiger partial charge in [-0.25, -0.2) is 4.39 Å². The fraction of sp³-hybridized carbons (Fsp3) is 0.333. The van der Waals surface area contributed by atoms with Crippen molar-refractivity contribution in [3.05, 3.63) is 29.6 Å². The molecule has 0 bridgehead atoms. The highest BCUT2D eigenvalue weighted by molar-refractivity contribution is 5.98. The largest absolute Gasteiger partial charge is 0.507 e. The molecule has 2 amide bonds. The molecule has 0 aliphatic heterocycles. The van der Waals surface area contributed by atoms with Gasteiger partial charge in [-0.1, -0.05) is 0 Å². The van der Waals surface area contributed by atoms with E-state index in [4.69, 9.17) is 0 Å². The van der Waals surface area contributed by atoms with E-state index in [2.05, 4.69) is 5.32 Å². The number of nitrogens with zero attached hydrogens (tertiary/aromatic N) is 1. The highest BCUT2D eigenvalue weighted by atomic mass is 19.1. The lowest BCUT2D eigenvalue weighted by molar-refractivity contribution is -0.121. The molecule has 0 saturated carbocycles. The van der Waals surface area contributed by atoms with E-state index in [0.29, 0.717) is 0 Å². The molecule has 0 fully saturated rings. The highest BCUT2D eigenvalue weighted by Crippen LogP contribution is 2.19. The summed E-state index contributed by atoms with van der Waals surface area (Å²) in [5, 5.41) is 11.9. The molecule has 0 unspecified atom stereocenters. The Morgan fingerprint density at radius 2 is 2.11 bits per heavy atom. The molecular formula is C12H15FN2O3. The van der Waals surface area contributed by atoms with Gasteiger partial charge in [-0.05, 0) is 25.1 Å². The lowest BCUT2D eigenvalue weighted by atomic mass is 10.1. The van der Waals surface area contributed by atoms with E-state index in [0.717, 1.165) is 18.2 Å². The summed E-state index contributed by atoms with van der Waals surface area (Å²) < 4.78 is 13.0. The van der Waals surface area contributed by atoms with Crippen LogP contribution < -0.4 is 5.32 Å². The van der Waals surface area contributed by atoms with Gasteiger partial charge in [-0.15, -0.1) is 0 Å². The summed E-state index contributed by atoms with van der Waals surface area (Å²) in [5.41, 5.74) is -0.152. The molecule has 98 valence electrons. The number of rotatable bonds is 4. The van der Waals surface area contributed by atoms with Crippen LogP contribution in [0.2, 0.25) is 0 Å². The first-order valence-corrected chi connectivity index (χ1v) is 5.48. The van der Waals surface area contributed by atoms with Crippen LogP contribution in [0.3, 0.4) is 0 Å². The number of hydrogen-bond acceptors (Lipinski definition) is 3. The Morgan fingerprint density at radius 1 is 1.44 bits per heavy atom. The number of nitrogens with one attached hydrogen (secondary N) is 1. The number of phenolic OH excluding ortho intramolecular Hbond substituents is 1. The van der Waals surface area contributed by atoms with Crippen LogP contribution in [0, 0.1) is 5.82 Å². The summed E-state index contributed by atoms with van der Waals surface area (Å²) in [6, 6.07) is 3.11. The standard InChI is InChI=1S/C12H15FN2O3/c1-3-15(7-11(17)14-2)12(18)9-6-8(13)4-5-10(9)16/h4-6,16H,3,7H2,1-2H3,(H,14,17). The zero-order valence-corrected chi connectivity index (χ0v) is 10.2. The van der Waals surface area contributed by atoms with Crippen LogP contribution in [-0.4, -0.2) is 42.0 Å². The van der Waals surface area contributed by atoms with Gasteiger partial charge in [0.2, 0.25) is 5.91 Å². The summed E-state index contributed by atoms with van der Waals surface area (Å²) in [7, 11) is 1.46. The lowest BCUT2D eigenvalue weighted by Gasteiger charge is -2.20. The smallest absolute Gasteiger partial charge is 0.258 e. The van der Waals surface area contributed by atoms with Crippen molar-refractivity contribution in [3.63, 3.8) is 0 Å². The van der Waals surface area contributed by atoms with E-state index in [1.807, 2.05) is 0 Å². The molecular weight excluding hydrogens is 239 g/mol. The van der Waals surface area contributed by atoms with Crippen LogP contribution in [-0.2, 0) is 4.79 Å². The van der Waals surface area contributed by atoms with Gasteiger partial charge in [-0.3, -0.25) is 9.59 Å². The van der Waals surface area contributed by atoms with Crippen LogP contribution in [0.25, 0.3) is 0 Å². The molecule has 0 aliphatic carbocycles. The molecule has 1 aromatic carbocycles. The zero-order valence-electron chi connectivity index (χ0n) is 10.2. The molecule has 5 nitrogen and oxygen atoms in total. The number of carbonyl (C=O) groups excluding carboxylic acids is 2. The van der Waals surface area contributed by atoms with Gasteiger partial charge >= 0.3 is 0 Å². The number of hydrogen-bond donors (Lipinski definition) is 2. The van der Waals surface area contributed by atoms with Crippen molar-refractivity contribution in [2.75, 3.05) is 20.1 Å². The Bertz CT molecular complexity index is 463. The van der Waals surface area contributed by atoms with Crippen LogP contribution in [0.5, 0.6) is 5.75 Å². The summed E-state index contributed by atoms with van der Waals surface area (Å²) in [6.07, 6.45) is 0. The number of carbonyl (C=O) groups is 2. The minimum Gasteiger partial charge on any atom is -0.507 e. The monoisotopic (exact) mass is 254 g/mol. The summed E-state index contributed by atoms with van der Waals surface area (Å²) >= 11 is 0. The minimum absolute atomic E-state index is 0.137. The molecule has 2 N–H and O–H groups in total. The first-order valence-electron chi connectivity index (χ1n) is 5.48. The predicted octanol–water partition coefficient (Wildman–Crippen LogP) is 0.739. The molecule has 1 aromatic rings. The number of amides is 2. The number of halogens is 1. The summed E-state index contributed by atoms with van der Waals surface area (Å²) in [4.78, 5) is 24.5. The molecule has 6 heteroatoms. The first-order chi connectivity index (χ1) is 8.49. The van der Waals surface area contributed by atoms with Crippen LogP contribution >= 0.6 is 0 Å². The van der Waals surface area contributed by atoms with Gasteiger partial charge in [0.05, 0.1) is 12.1 Å². The van der Waals surface area contributed by atoms with E-state index in [-0.39, 0.29) is 30.3 Å². The fourth-order valence-electron chi connectivity index (χ4n) is 1.43. The van der Waals surface area contributed by atoms with E-state index in [1.165, 1.54) is 11.9 Å². The predicted molar refractivity (Wildman–Crippen MR) is 63.7 cm³/mol. The Labute approximate surface area is 104 Å². The molecule has 0 heterocycles. The number of phenols is 1. The maximum atomic E-state index is 13.0. The SMILES string of the molecule is CCN(CC(=O)NC)C(=O)c1cc(F)ccc1O. The number of benzene rings is 1. The second-order valence-corrected chi connectivity index (χ2v) is 3.65. The van der Waals surface area contributed by atoms with Gasteiger partial charge in [0.1, 0.15) is 11.6 Å². The third-order valence-corrected chi connectivity index (χ3v) is 2.47. The second kappa shape index (κ2) is 6.00. The molecule has 18 heavy (non-hydrogen) atoms. The van der Waals surface area contributed by atoms with Crippen LogP contribution in [0.1, 0.15) is 17.3 Å². The Morgan fingerprint density at radius 3 is 2.67 bits per heavy atom. The lowest BCUT2D eigenvalue weighted by Crippen LogP contribution is -2.39. The summed E-state index contributed by atoms with van der Waals surface area (Å²) in [6.45, 7) is 1.83. The molecule has 0 atom stereocenters. The maximum absolute atomic E-state index is 13.0. The Kier molecular flexibility index (Phi) is 4.65. The van der Waals surface area contributed by atoms with Crippen molar-refractivity contribution in [1.29, 1.82) is 0 Å². The second-order valence-electron chi connectivity index (χ2n) is 3.65. The molecule has 1 rings (SSSR count). The topological polar surface area (TPSA) is 69.6 Å².